The number of amides is 2. The number of benzene rings is 2. The van der Waals surface area contributed by atoms with Crippen LogP contribution in [0.2, 0.25) is 5.02 Å². The van der Waals surface area contributed by atoms with Gasteiger partial charge in [-0.25, -0.2) is 0 Å². The van der Waals surface area contributed by atoms with Gasteiger partial charge in [-0.3, -0.25) is 9.59 Å². The summed E-state index contributed by atoms with van der Waals surface area (Å²) in [4.78, 5) is 25.6. The van der Waals surface area contributed by atoms with Gasteiger partial charge in [0.1, 0.15) is 0 Å². The zero-order valence-electron chi connectivity index (χ0n) is 12.5. The lowest BCUT2D eigenvalue weighted by molar-refractivity contribution is -0.142. The van der Waals surface area contributed by atoms with E-state index in [0.717, 1.165) is 11.1 Å². The first-order valence-corrected chi connectivity index (χ1v) is 7.22. The molecule has 0 atom stereocenters. The van der Waals surface area contributed by atoms with Crippen LogP contribution in [0, 0.1) is 6.92 Å². The predicted molar refractivity (Wildman–Crippen MR) is 87.7 cm³/mol. The third-order valence-corrected chi connectivity index (χ3v) is 3.73. The van der Waals surface area contributed by atoms with Crippen molar-refractivity contribution < 1.29 is 9.59 Å². The molecular formula is C17H17ClN2O2. The molecule has 0 saturated heterocycles. The molecule has 0 radical (unpaired) electrons. The molecule has 1 N–H and O–H groups in total. The average molecular weight is 317 g/mol. The van der Waals surface area contributed by atoms with Gasteiger partial charge in [-0.15, -0.1) is 0 Å². The largest absolute Gasteiger partial charge is 0.333 e. The Bertz CT molecular complexity index is 686. The Labute approximate surface area is 134 Å². The molecule has 2 aromatic rings. The molecule has 2 amide bonds. The van der Waals surface area contributed by atoms with Gasteiger partial charge in [0.15, 0.2) is 0 Å². The molecule has 0 fully saturated rings. The van der Waals surface area contributed by atoms with Gasteiger partial charge in [-0.1, -0.05) is 48.0 Å². The van der Waals surface area contributed by atoms with E-state index in [1.54, 1.807) is 32.2 Å². The lowest BCUT2D eigenvalue weighted by Gasteiger charge is -2.17. The fourth-order valence-electron chi connectivity index (χ4n) is 2.02. The quantitative estimate of drug-likeness (QED) is 0.884. The van der Waals surface area contributed by atoms with Crippen molar-refractivity contribution in [3.8, 4) is 0 Å². The monoisotopic (exact) mass is 316 g/mol. The highest BCUT2D eigenvalue weighted by Gasteiger charge is 2.19. The first kappa shape index (κ1) is 16.0. The highest BCUT2D eigenvalue weighted by atomic mass is 35.5. The Morgan fingerprint density at radius 2 is 1.77 bits per heavy atom. The molecule has 0 saturated carbocycles. The number of anilines is 1. The van der Waals surface area contributed by atoms with Crippen LogP contribution in [-0.4, -0.2) is 23.8 Å². The van der Waals surface area contributed by atoms with Gasteiger partial charge >= 0.3 is 11.8 Å². The van der Waals surface area contributed by atoms with E-state index in [-0.39, 0.29) is 0 Å². The molecular weight excluding hydrogens is 300 g/mol. The average Bonchev–Trinajstić information content (AvgIpc) is 2.52. The topological polar surface area (TPSA) is 49.4 Å². The second kappa shape index (κ2) is 7.09. The Balaban J connectivity index is 2.03. The number of halogens is 1. The Kier molecular flexibility index (Phi) is 5.17. The predicted octanol–water partition coefficient (Wildman–Crippen LogP) is 3.25. The van der Waals surface area contributed by atoms with Gasteiger partial charge in [0, 0.05) is 24.3 Å². The van der Waals surface area contributed by atoms with Crippen molar-refractivity contribution in [2.45, 2.75) is 13.5 Å². The third kappa shape index (κ3) is 3.86. The van der Waals surface area contributed by atoms with E-state index in [1.807, 2.05) is 30.3 Å². The van der Waals surface area contributed by atoms with E-state index < -0.39 is 11.8 Å². The molecule has 0 bridgehead atoms. The molecule has 0 unspecified atom stereocenters. The van der Waals surface area contributed by atoms with Gasteiger partial charge in [0.25, 0.3) is 0 Å². The molecule has 5 heteroatoms. The summed E-state index contributed by atoms with van der Waals surface area (Å²) in [7, 11) is 1.60. The summed E-state index contributed by atoms with van der Waals surface area (Å²) in [6.07, 6.45) is 0. The second-order valence-electron chi connectivity index (χ2n) is 5.01. The maximum atomic E-state index is 12.1. The molecule has 4 nitrogen and oxygen atoms in total. The first-order chi connectivity index (χ1) is 10.5. The zero-order chi connectivity index (χ0) is 16.1. The molecule has 0 aromatic heterocycles. The SMILES string of the molecule is Cc1c(Cl)cccc1NC(=O)C(=O)N(C)Cc1ccccc1. The zero-order valence-corrected chi connectivity index (χ0v) is 13.2. The summed E-state index contributed by atoms with van der Waals surface area (Å²) in [5.41, 5.74) is 2.24. The van der Waals surface area contributed by atoms with Gasteiger partial charge in [-0.05, 0) is 30.2 Å². The van der Waals surface area contributed by atoms with E-state index in [0.29, 0.717) is 17.3 Å². The summed E-state index contributed by atoms with van der Waals surface area (Å²) < 4.78 is 0. The van der Waals surface area contributed by atoms with Gasteiger partial charge < -0.3 is 10.2 Å². The van der Waals surface area contributed by atoms with Crippen LogP contribution in [0.5, 0.6) is 0 Å². The second-order valence-corrected chi connectivity index (χ2v) is 5.42. The van der Waals surface area contributed by atoms with Crippen molar-refractivity contribution in [1.82, 2.24) is 4.90 Å². The van der Waals surface area contributed by atoms with Crippen LogP contribution in [0.25, 0.3) is 0 Å². The van der Waals surface area contributed by atoms with Crippen molar-refractivity contribution in [2.75, 3.05) is 12.4 Å². The molecule has 0 aliphatic carbocycles. The number of hydrogen-bond donors (Lipinski definition) is 1. The third-order valence-electron chi connectivity index (χ3n) is 3.32. The van der Waals surface area contributed by atoms with Crippen LogP contribution in [0.1, 0.15) is 11.1 Å². The Hall–Kier alpha value is -2.33. The fraction of sp³-hybridized carbons (Fsp3) is 0.176. The van der Waals surface area contributed by atoms with Gasteiger partial charge in [0.05, 0.1) is 0 Å². The molecule has 0 spiro atoms. The summed E-state index contributed by atoms with van der Waals surface area (Å²) in [6.45, 7) is 2.16. The lowest BCUT2D eigenvalue weighted by Crippen LogP contribution is -2.36. The molecule has 114 valence electrons. The van der Waals surface area contributed by atoms with Crippen molar-refractivity contribution >= 4 is 29.1 Å². The Morgan fingerprint density at radius 1 is 1.09 bits per heavy atom. The van der Waals surface area contributed by atoms with Gasteiger partial charge in [0.2, 0.25) is 0 Å². The van der Waals surface area contributed by atoms with Crippen molar-refractivity contribution in [1.29, 1.82) is 0 Å². The molecule has 2 aromatic carbocycles. The van der Waals surface area contributed by atoms with Crippen molar-refractivity contribution in [3.63, 3.8) is 0 Å². The number of hydrogen-bond acceptors (Lipinski definition) is 2. The molecule has 2 rings (SSSR count). The minimum absolute atomic E-state index is 0.377. The fourth-order valence-corrected chi connectivity index (χ4v) is 2.20. The maximum absolute atomic E-state index is 12.1. The van der Waals surface area contributed by atoms with Crippen LogP contribution in [0.4, 0.5) is 5.69 Å². The van der Waals surface area contributed by atoms with E-state index in [2.05, 4.69) is 5.32 Å². The number of nitrogens with one attached hydrogen (secondary N) is 1. The minimum Gasteiger partial charge on any atom is -0.333 e. The van der Waals surface area contributed by atoms with Crippen LogP contribution < -0.4 is 5.32 Å². The van der Waals surface area contributed by atoms with E-state index in [9.17, 15) is 9.59 Å². The molecule has 0 aliphatic heterocycles. The Morgan fingerprint density at radius 3 is 2.45 bits per heavy atom. The first-order valence-electron chi connectivity index (χ1n) is 6.84. The molecule has 22 heavy (non-hydrogen) atoms. The summed E-state index contributed by atoms with van der Waals surface area (Å²) >= 11 is 6.00. The smallest absolute Gasteiger partial charge is 0.313 e. The van der Waals surface area contributed by atoms with Crippen LogP contribution in [0.3, 0.4) is 0 Å². The molecule has 0 heterocycles. The highest BCUT2D eigenvalue weighted by Crippen LogP contribution is 2.22. The summed E-state index contributed by atoms with van der Waals surface area (Å²) in [6, 6.07) is 14.7. The summed E-state index contributed by atoms with van der Waals surface area (Å²) in [5, 5.41) is 3.15. The van der Waals surface area contributed by atoms with Crippen LogP contribution in [-0.2, 0) is 16.1 Å². The normalized spacial score (nSPS) is 10.1. The summed E-state index contributed by atoms with van der Waals surface area (Å²) in [5.74, 6) is -1.27. The number of nitrogens with zero attached hydrogens (tertiary/aromatic N) is 1. The van der Waals surface area contributed by atoms with E-state index >= 15 is 0 Å². The lowest BCUT2D eigenvalue weighted by atomic mass is 10.2. The number of carbonyl (C=O) groups excluding carboxylic acids is 2. The molecule has 0 aliphatic rings. The van der Waals surface area contributed by atoms with E-state index in [1.165, 1.54) is 4.90 Å². The van der Waals surface area contributed by atoms with E-state index in [4.69, 9.17) is 11.6 Å². The standard InChI is InChI=1S/C17H17ClN2O2/c1-12-14(18)9-6-10-15(12)19-16(21)17(22)20(2)11-13-7-4-3-5-8-13/h3-10H,11H2,1-2H3,(H,19,21). The highest BCUT2D eigenvalue weighted by molar-refractivity contribution is 6.39. The number of rotatable bonds is 3. The minimum atomic E-state index is -0.677. The van der Waals surface area contributed by atoms with Crippen LogP contribution >= 0.6 is 11.6 Å². The maximum Gasteiger partial charge on any atom is 0.313 e. The number of likely N-dealkylation sites (N-methyl/N-ethyl adjacent to an activating group) is 1. The van der Waals surface area contributed by atoms with Crippen molar-refractivity contribution in [3.05, 3.63) is 64.7 Å². The van der Waals surface area contributed by atoms with Crippen LogP contribution in [0.15, 0.2) is 48.5 Å². The number of carbonyl (C=O) groups is 2. The van der Waals surface area contributed by atoms with Gasteiger partial charge in [-0.2, -0.15) is 0 Å². The van der Waals surface area contributed by atoms with Crippen molar-refractivity contribution in [2.24, 2.45) is 0 Å².